The molecule has 0 radical (unpaired) electrons. The van der Waals surface area contributed by atoms with Crippen molar-refractivity contribution in [3.05, 3.63) is 23.5 Å². The summed E-state index contributed by atoms with van der Waals surface area (Å²) in [5.74, 6) is -0.682. The van der Waals surface area contributed by atoms with Gasteiger partial charge in [-0.05, 0) is 18.8 Å². The van der Waals surface area contributed by atoms with Gasteiger partial charge >= 0.3 is 5.97 Å². The highest BCUT2D eigenvalue weighted by Crippen LogP contribution is 2.25. The summed E-state index contributed by atoms with van der Waals surface area (Å²) >= 11 is 1.43. The van der Waals surface area contributed by atoms with Crippen molar-refractivity contribution in [1.29, 1.82) is 0 Å². The van der Waals surface area contributed by atoms with Crippen molar-refractivity contribution in [2.45, 2.75) is 19.3 Å². The Bertz CT molecular complexity index is 716. The van der Waals surface area contributed by atoms with Gasteiger partial charge < -0.3 is 10.0 Å². The number of carbonyl (C=O) groups excluding carboxylic acids is 1. The second-order valence-corrected chi connectivity index (χ2v) is 6.63. The fourth-order valence-electron chi connectivity index (χ4n) is 2.79. The number of thiazole rings is 1. The first-order valence-electron chi connectivity index (χ1n) is 7.48. The molecule has 1 saturated heterocycles. The van der Waals surface area contributed by atoms with Crippen molar-refractivity contribution in [2.24, 2.45) is 13.0 Å². The number of piperidine rings is 1. The normalized spacial score (nSPS) is 15.8. The zero-order chi connectivity index (χ0) is 16.4. The van der Waals surface area contributed by atoms with Crippen molar-refractivity contribution in [1.82, 2.24) is 19.7 Å². The second kappa shape index (κ2) is 6.49. The van der Waals surface area contributed by atoms with Crippen LogP contribution in [0.5, 0.6) is 0 Å². The molecular weight excluding hydrogens is 316 g/mol. The number of nitrogens with zero attached hydrogens (tertiary/aromatic N) is 4. The summed E-state index contributed by atoms with van der Waals surface area (Å²) in [6.07, 6.45) is 5.24. The maximum absolute atomic E-state index is 12.5. The van der Waals surface area contributed by atoms with E-state index < -0.39 is 5.97 Å². The van der Waals surface area contributed by atoms with E-state index in [2.05, 4.69) is 10.1 Å². The predicted octanol–water partition coefficient (Wildman–Crippen LogP) is 1.87. The fraction of sp³-hybridized carbons (Fsp3) is 0.467. The number of amides is 1. The Balaban J connectivity index is 1.63. The lowest BCUT2D eigenvalue weighted by Gasteiger charge is -2.30. The summed E-state index contributed by atoms with van der Waals surface area (Å²) in [7, 11) is 1.84. The van der Waals surface area contributed by atoms with Crippen LogP contribution in [0.3, 0.4) is 0 Å². The summed E-state index contributed by atoms with van der Waals surface area (Å²) in [5.41, 5.74) is 1.35. The van der Waals surface area contributed by atoms with Crippen LogP contribution >= 0.6 is 11.3 Å². The average Bonchev–Trinajstić information content (AvgIpc) is 3.15. The van der Waals surface area contributed by atoms with Gasteiger partial charge in [-0.2, -0.15) is 5.10 Å². The third-order valence-corrected chi connectivity index (χ3v) is 4.93. The van der Waals surface area contributed by atoms with E-state index in [4.69, 9.17) is 5.11 Å². The van der Waals surface area contributed by atoms with E-state index in [1.165, 1.54) is 11.3 Å². The first-order chi connectivity index (χ1) is 11.0. The van der Waals surface area contributed by atoms with Crippen molar-refractivity contribution >= 4 is 23.2 Å². The maximum Gasteiger partial charge on any atom is 0.303 e. The van der Waals surface area contributed by atoms with Crippen LogP contribution in [0.4, 0.5) is 0 Å². The molecule has 1 aliphatic rings. The van der Waals surface area contributed by atoms with Gasteiger partial charge in [0.05, 0.1) is 6.20 Å². The van der Waals surface area contributed by atoms with Crippen LogP contribution in [0.2, 0.25) is 0 Å². The minimum atomic E-state index is -0.768. The zero-order valence-electron chi connectivity index (χ0n) is 12.8. The fourth-order valence-corrected chi connectivity index (χ4v) is 3.55. The molecule has 0 aliphatic carbocycles. The van der Waals surface area contributed by atoms with Gasteiger partial charge in [0.1, 0.15) is 10.7 Å². The number of rotatable bonds is 4. The molecule has 1 amide bonds. The first-order valence-corrected chi connectivity index (χ1v) is 8.36. The molecule has 3 heterocycles. The molecular formula is C15H18N4O3S. The standard InChI is InChI=1S/C15H18N4O3S/c1-18-8-11(7-16-18)14-17-12(9-23-14)15(22)19-4-2-10(3-5-19)6-13(20)21/h7-10H,2-6H2,1H3,(H,20,21). The van der Waals surface area contributed by atoms with Crippen LogP contribution in [0, 0.1) is 5.92 Å². The van der Waals surface area contributed by atoms with E-state index in [0.717, 1.165) is 23.4 Å². The van der Waals surface area contributed by atoms with E-state index in [0.29, 0.717) is 18.8 Å². The van der Waals surface area contributed by atoms with Crippen LogP contribution in [-0.2, 0) is 11.8 Å². The molecule has 3 rings (SSSR count). The predicted molar refractivity (Wildman–Crippen MR) is 85.2 cm³/mol. The molecule has 0 aromatic carbocycles. The average molecular weight is 334 g/mol. The molecule has 122 valence electrons. The number of aromatic nitrogens is 3. The highest BCUT2D eigenvalue weighted by Gasteiger charge is 2.26. The highest BCUT2D eigenvalue weighted by atomic mass is 32.1. The summed E-state index contributed by atoms with van der Waals surface area (Å²) in [5, 5.41) is 15.5. The van der Waals surface area contributed by atoms with Gasteiger partial charge in [-0.1, -0.05) is 0 Å². The zero-order valence-corrected chi connectivity index (χ0v) is 13.6. The molecule has 8 heteroatoms. The molecule has 0 unspecified atom stereocenters. The largest absolute Gasteiger partial charge is 0.481 e. The molecule has 0 atom stereocenters. The molecule has 0 spiro atoms. The second-order valence-electron chi connectivity index (χ2n) is 5.77. The van der Waals surface area contributed by atoms with E-state index in [1.807, 2.05) is 13.2 Å². The number of aliphatic carboxylic acids is 1. The lowest BCUT2D eigenvalue weighted by molar-refractivity contribution is -0.138. The quantitative estimate of drug-likeness (QED) is 0.922. The summed E-state index contributed by atoms with van der Waals surface area (Å²) < 4.78 is 1.70. The monoisotopic (exact) mass is 334 g/mol. The Morgan fingerprint density at radius 2 is 2.13 bits per heavy atom. The van der Waals surface area contributed by atoms with E-state index in [9.17, 15) is 9.59 Å². The molecule has 1 fully saturated rings. The molecule has 1 aliphatic heterocycles. The Kier molecular flexibility index (Phi) is 4.42. The molecule has 7 nitrogen and oxygen atoms in total. The van der Waals surface area contributed by atoms with Crippen molar-refractivity contribution in [3.8, 4) is 10.6 Å². The number of carbonyl (C=O) groups is 2. The summed E-state index contributed by atoms with van der Waals surface area (Å²) in [4.78, 5) is 29.4. The molecule has 2 aromatic rings. The Labute approximate surface area is 137 Å². The lowest BCUT2D eigenvalue weighted by Crippen LogP contribution is -2.39. The first kappa shape index (κ1) is 15.7. The molecule has 1 N–H and O–H groups in total. The van der Waals surface area contributed by atoms with Crippen LogP contribution in [-0.4, -0.2) is 49.7 Å². The van der Waals surface area contributed by atoms with E-state index in [1.54, 1.807) is 21.2 Å². The van der Waals surface area contributed by atoms with Gasteiger partial charge in [0.15, 0.2) is 0 Å². The maximum atomic E-state index is 12.5. The van der Waals surface area contributed by atoms with Crippen LogP contribution < -0.4 is 0 Å². The van der Waals surface area contributed by atoms with Gasteiger partial charge in [-0.3, -0.25) is 14.3 Å². The third-order valence-electron chi connectivity index (χ3n) is 4.04. The number of hydrogen-bond acceptors (Lipinski definition) is 5. The minimum absolute atomic E-state index is 0.0786. The van der Waals surface area contributed by atoms with E-state index >= 15 is 0 Å². The Hall–Kier alpha value is -2.22. The molecule has 2 aromatic heterocycles. The van der Waals surface area contributed by atoms with Gasteiger partial charge in [0, 0.05) is 43.7 Å². The highest BCUT2D eigenvalue weighted by molar-refractivity contribution is 7.13. The smallest absolute Gasteiger partial charge is 0.303 e. The number of hydrogen-bond donors (Lipinski definition) is 1. The van der Waals surface area contributed by atoms with Gasteiger partial charge in [-0.25, -0.2) is 4.98 Å². The summed E-state index contributed by atoms with van der Waals surface area (Å²) in [6.45, 7) is 1.19. The lowest BCUT2D eigenvalue weighted by atomic mass is 9.93. The Morgan fingerprint density at radius 1 is 1.39 bits per heavy atom. The van der Waals surface area contributed by atoms with Gasteiger partial charge in [-0.15, -0.1) is 11.3 Å². The minimum Gasteiger partial charge on any atom is -0.481 e. The number of aryl methyl sites for hydroxylation is 1. The van der Waals surface area contributed by atoms with Crippen molar-refractivity contribution in [3.63, 3.8) is 0 Å². The van der Waals surface area contributed by atoms with E-state index in [-0.39, 0.29) is 18.2 Å². The number of likely N-dealkylation sites (tertiary alicyclic amines) is 1. The van der Waals surface area contributed by atoms with Crippen molar-refractivity contribution in [2.75, 3.05) is 13.1 Å². The van der Waals surface area contributed by atoms with Crippen molar-refractivity contribution < 1.29 is 14.7 Å². The molecule has 0 saturated carbocycles. The third kappa shape index (κ3) is 3.58. The Morgan fingerprint density at radius 3 is 2.74 bits per heavy atom. The van der Waals surface area contributed by atoms with Crippen LogP contribution in [0.25, 0.3) is 10.6 Å². The molecule has 23 heavy (non-hydrogen) atoms. The number of carboxylic acids is 1. The number of carboxylic acid groups (broad SMARTS) is 1. The summed E-state index contributed by atoms with van der Waals surface area (Å²) in [6, 6.07) is 0. The van der Waals surface area contributed by atoms with Gasteiger partial charge in [0.25, 0.3) is 5.91 Å². The SMILES string of the molecule is Cn1cc(-c2nc(C(=O)N3CCC(CC(=O)O)CC3)cs2)cn1. The van der Waals surface area contributed by atoms with Crippen LogP contribution in [0.1, 0.15) is 29.8 Å². The topological polar surface area (TPSA) is 88.3 Å². The molecule has 0 bridgehead atoms. The van der Waals surface area contributed by atoms with Gasteiger partial charge in [0.2, 0.25) is 0 Å². The van der Waals surface area contributed by atoms with Crippen LogP contribution in [0.15, 0.2) is 17.8 Å².